The van der Waals surface area contributed by atoms with Crippen molar-refractivity contribution in [1.82, 2.24) is 6.15 Å². The first kappa shape index (κ1) is 17.0. The maximum absolute atomic E-state index is 11.4. The predicted octanol–water partition coefficient (Wildman–Crippen LogP) is 0.970. The van der Waals surface area contributed by atoms with Crippen molar-refractivity contribution in [2.75, 3.05) is 6.61 Å². The molecular weight excluding hydrogens is 278 g/mol. The van der Waals surface area contributed by atoms with Gasteiger partial charge >= 0.3 is 11.9 Å². The van der Waals surface area contributed by atoms with Crippen LogP contribution in [-0.4, -0.2) is 36.6 Å². The molecule has 0 saturated heterocycles. The Morgan fingerprint density at radius 3 is 2.26 bits per heavy atom. The molecule has 5 N–H and O–H groups in total. The van der Waals surface area contributed by atoms with E-state index in [1.807, 2.05) is 0 Å². The molecule has 106 valence electrons. The lowest BCUT2D eigenvalue weighted by Gasteiger charge is -2.06. The van der Waals surface area contributed by atoms with E-state index in [0.717, 1.165) is 12.1 Å². The molecule has 0 aromatic heterocycles. The number of hydrogen-bond donors (Lipinski definition) is 3. The minimum Gasteiger partial charge on any atom is -0.478 e. The van der Waals surface area contributed by atoms with Crippen molar-refractivity contribution >= 4 is 22.1 Å². The highest BCUT2D eigenvalue weighted by atomic mass is 32.2. The van der Waals surface area contributed by atoms with Gasteiger partial charge in [-0.25, -0.2) is 9.59 Å². The maximum atomic E-state index is 11.4. The lowest BCUT2D eigenvalue weighted by Crippen LogP contribution is -2.13. The van der Waals surface area contributed by atoms with E-state index in [1.54, 1.807) is 6.92 Å². The number of aromatic carboxylic acids is 1. The molecule has 0 radical (unpaired) electrons. The van der Waals surface area contributed by atoms with Crippen LogP contribution in [0.2, 0.25) is 0 Å². The van der Waals surface area contributed by atoms with Gasteiger partial charge in [-0.05, 0) is 25.1 Å². The molecular formula is C10H13NO7S. The molecule has 0 saturated carbocycles. The molecule has 9 heteroatoms. The van der Waals surface area contributed by atoms with Crippen molar-refractivity contribution in [3.63, 3.8) is 0 Å². The second kappa shape index (κ2) is 6.27. The van der Waals surface area contributed by atoms with Crippen molar-refractivity contribution in [3.8, 4) is 0 Å². The third-order valence-electron chi connectivity index (χ3n) is 2.01. The Hall–Kier alpha value is -1.97. The summed E-state index contributed by atoms with van der Waals surface area (Å²) in [7, 11) is -4.53. The monoisotopic (exact) mass is 291 g/mol. The van der Waals surface area contributed by atoms with Gasteiger partial charge in [0.2, 0.25) is 0 Å². The minimum absolute atomic E-state index is 0. The summed E-state index contributed by atoms with van der Waals surface area (Å²) in [6.07, 6.45) is 0. The van der Waals surface area contributed by atoms with Crippen LogP contribution in [0.5, 0.6) is 0 Å². The third-order valence-corrected chi connectivity index (χ3v) is 2.86. The molecule has 0 heterocycles. The van der Waals surface area contributed by atoms with Gasteiger partial charge < -0.3 is 16.0 Å². The zero-order valence-electron chi connectivity index (χ0n) is 9.99. The second-order valence-electron chi connectivity index (χ2n) is 3.21. The molecule has 1 rings (SSSR count). The van der Waals surface area contributed by atoms with Crippen molar-refractivity contribution in [1.29, 1.82) is 0 Å². The van der Waals surface area contributed by atoms with Gasteiger partial charge in [0, 0.05) is 0 Å². The summed E-state index contributed by atoms with van der Waals surface area (Å²) in [5, 5.41) is 8.89. The van der Waals surface area contributed by atoms with Gasteiger partial charge in [-0.2, -0.15) is 8.42 Å². The largest absolute Gasteiger partial charge is 0.478 e. The lowest BCUT2D eigenvalue weighted by atomic mass is 10.1. The Bertz CT molecular complexity index is 594. The first-order valence-corrected chi connectivity index (χ1v) is 6.23. The Morgan fingerprint density at radius 2 is 1.84 bits per heavy atom. The fourth-order valence-electron chi connectivity index (χ4n) is 1.25. The molecule has 0 unspecified atom stereocenters. The van der Waals surface area contributed by atoms with Crippen LogP contribution in [0, 0.1) is 0 Å². The SMILES string of the molecule is CCOC(=O)c1ccc(S(=O)(=O)O)cc1C(=O)O.N. The molecule has 0 aliphatic heterocycles. The van der Waals surface area contributed by atoms with Crippen LogP contribution in [0.3, 0.4) is 0 Å². The number of carboxylic acid groups (broad SMARTS) is 1. The van der Waals surface area contributed by atoms with Gasteiger partial charge in [0.25, 0.3) is 10.1 Å². The summed E-state index contributed by atoms with van der Waals surface area (Å²) in [6, 6.07) is 2.60. The predicted molar refractivity (Wildman–Crippen MR) is 64.2 cm³/mol. The van der Waals surface area contributed by atoms with Gasteiger partial charge in [-0.1, -0.05) is 0 Å². The van der Waals surface area contributed by atoms with E-state index >= 15 is 0 Å². The average molecular weight is 291 g/mol. The van der Waals surface area contributed by atoms with E-state index < -0.39 is 32.5 Å². The quantitative estimate of drug-likeness (QED) is 0.547. The smallest absolute Gasteiger partial charge is 0.338 e. The van der Waals surface area contributed by atoms with Crippen molar-refractivity contribution in [3.05, 3.63) is 29.3 Å². The number of benzene rings is 1. The highest BCUT2D eigenvalue weighted by Gasteiger charge is 2.21. The standard InChI is InChI=1S/C10H10O7S.H3N/c1-2-17-10(13)7-4-3-6(18(14,15)16)5-8(7)9(11)12;/h3-5H,2H2,1H3,(H,11,12)(H,14,15,16);1H3. The summed E-state index contributed by atoms with van der Waals surface area (Å²) in [6.45, 7) is 1.60. The first-order valence-electron chi connectivity index (χ1n) is 4.79. The summed E-state index contributed by atoms with van der Waals surface area (Å²) in [5.74, 6) is -2.37. The zero-order valence-corrected chi connectivity index (χ0v) is 10.8. The van der Waals surface area contributed by atoms with E-state index in [4.69, 9.17) is 9.66 Å². The first-order chi connectivity index (χ1) is 8.27. The Kier molecular flexibility index (Phi) is 5.62. The van der Waals surface area contributed by atoms with Gasteiger partial charge in [0.05, 0.1) is 22.6 Å². The van der Waals surface area contributed by atoms with E-state index in [0.29, 0.717) is 6.07 Å². The van der Waals surface area contributed by atoms with Crippen LogP contribution in [0.25, 0.3) is 0 Å². The molecule has 0 amide bonds. The molecule has 19 heavy (non-hydrogen) atoms. The Morgan fingerprint density at radius 1 is 1.26 bits per heavy atom. The highest BCUT2D eigenvalue weighted by molar-refractivity contribution is 7.85. The van der Waals surface area contributed by atoms with Crippen molar-refractivity contribution in [2.45, 2.75) is 11.8 Å². The van der Waals surface area contributed by atoms with Crippen LogP contribution in [0.1, 0.15) is 27.6 Å². The van der Waals surface area contributed by atoms with E-state index in [9.17, 15) is 18.0 Å². The maximum Gasteiger partial charge on any atom is 0.338 e. The fraction of sp³-hybridized carbons (Fsp3) is 0.200. The molecule has 1 aromatic rings. The van der Waals surface area contributed by atoms with Crippen LogP contribution in [-0.2, 0) is 14.9 Å². The van der Waals surface area contributed by atoms with Gasteiger partial charge in [-0.3, -0.25) is 4.55 Å². The number of esters is 1. The van der Waals surface area contributed by atoms with Gasteiger partial charge in [0.1, 0.15) is 0 Å². The molecule has 8 nitrogen and oxygen atoms in total. The molecule has 1 aromatic carbocycles. The molecule has 0 aliphatic rings. The molecule has 0 bridgehead atoms. The van der Waals surface area contributed by atoms with Crippen LogP contribution >= 0.6 is 0 Å². The summed E-state index contributed by atoms with van der Waals surface area (Å²) >= 11 is 0. The molecule has 0 spiro atoms. The normalized spacial score (nSPS) is 10.4. The Balaban J connectivity index is 0.00000324. The highest BCUT2D eigenvalue weighted by Crippen LogP contribution is 2.17. The number of ether oxygens (including phenoxy) is 1. The number of rotatable bonds is 4. The van der Waals surface area contributed by atoms with Crippen LogP contribution in [0.4, 0.5) is 0 Å². The van der Waals surface area contributed by atoms with Gasteiger partial charge in [-0.15, -0.1) is 0 Å². The number of carbonyl (C=O) groups is 2. The van der Waals surface area contributed by atoms with E-state index in [1.165, 1.54) is 0 Å². The van der Waals surface area contributed by atoms with Crippen molar-refractivity contribution < 1.29 is 32.4 Å². The van der Waals surface area contributed by atoms with E-state index in [-0.39, 0.29) is 18.3 Å². The third kappa shape index (κ3) is 4.02. The van der Waals surface area contributed by atoms with Crippen LogP contribution in [0.15, 0.2) is 23.1 Å². The van der Waals surface area contributed by atoms with Gasteiger partial charge in [0.15, 0.2) is 0 Å². The van der Waals surface area contributed by atoms with E-state index in [2.05, 4.69) is 4.74 Å². The zero-order chi connectivity index (χ0) is 13.9. The molecule has 0 aliphatic carbocycles. The summed E-state index contributed by atoms with van der Waals surface area (Å²) in [5.41, 5.74) is -0.833. The lowest BCUT2D eigenvalue weighted by molar-refractivity contribution is 0.0514. The Labute approximate surface area is 109 Å². The molecule has 0 atom stereocenters. The van der Waals surface area contributed by atoms with Crippen molar-refractivity contribution in [2.24, 2.45) is 0 Å². The average Bonchev–Trinajstić information content (AvgIpc) is 2.27. The number of carbonyl (C=O) groups excluding carboxylic acids is 1. The van der Waals surface area contributed by atoms with Crippen LogP contribution < -0.4 is 6.15 Å². The topological polar surface area (TPSA) is 153 Å². The molecule has 0 fully saturated rings. The minimum atomic E-state index is -4.53. The number of carboxylic acids is 1. The summed E-state index contributed by atoms with van der Waals surface area (Å²) < 4.78 is 35.1. The second-order valence-corrected chi connectivity index (χ2v) is 4.63. The fourth-order valence-corrected chi connectivity index (χ4v) is 1.75. The summed E-state index contributed by atoms with van der Waals surface area (Å²) in [4.78, 5) is 21.8. The number of hydrogen-bond acceptors (Lipinski definition) is 6.